The number of carbonyl (C=O) groups excluding carboxylic acids is 1. The molecule has 1 amide bonds. The van der Waals surface area contributed by atoms with Crippen LogP contribution in [0.25, 0.3) is 10.4 Å². The first-order chi connectivity index (χ1) is 8.40. The van der Waals surface area contributed by atoms with Gasteiger partial charge >= 0.3 is 5.97 Å². The number of aliphatic carboxylic acids is 1. The highest BCUT2D eigenvalue weighted by molar-refractivity contribution is 6.56. The van der Waals surface area contributed by atoms with E-state index in [4.69, 9.17) is 18.5 Å². The van der Waals surface area contributed by atoms with Gasteiger partial charge in [0.05, 0.1) is 0 Å². The maximum absolute atomic E-state index is 10.9. The first-order valence-corrected chi connectivity index (χ1v) is 5.69. The first-order valence-electron chi connectivity index (χ1n) is 5.69. The Balaban J connectivity index is 3.95. The highest BCUT2D eigenvalue weighted by Gasteiger charge is 2.15. The van der Waals surface area contributed by atoms with Crippen LogP contribution in [-0.4, -0.2) is 48.8 Å². The minimum Gasteiger partial charge on any atom is -0.481 e. The van der Waals surface area contributed by atoms with Crippen LogP contribution in [0.5, 0.6) is 0 Å². The molecule has 0 saturated heterocycles. The predicted octanol–water partition coefficient (Wildman–Crippen LogP) is 1.92. The van der Waals surface area contributed by atoms with Gasteiger partial charge in [-0.25, -0.2) is 0 Å². The van der Waals surface area contributed by atoms with Gasteiger partial charge < -0.3 is 10.0 Å². The van der Waals surface area contributed by atoms with Crippen LogP contribution >= 0.6 is 0 Å². The largest absolute Gasteiger partial charge is 0.481 e. The van der Waals surface area contributed by atoms with Gasteiger partial charge in [0.15, 0.2) is 5.81 Å². The van der Waals surface area contributed by atoms with Crippen LogP contribution < -0.4 is 0 Å². The lowest BCUT2D eigenvalue weighted by Crippen LogP contribution is -2.34. The lowest BCUT2D eigenvalue weighted by Gasteiger charge is -2.24. The Hall–Kier alpha value is -1.69. The smallest absolute Gasteiger partial charge is 0.312 e. The summed E-state index contributed by atoms with van der Waals surface area (Å²) in [6.07, 6.45) is 2.38. The number of nitrogens with zero attached hydrogens (tertiary/aromatic N) is 4. The highest BCUT2D eigenvalue weighted by atomic mass is 16.4. The Kier molecular flexibility index (Phi) is 7.62. The number of unbranched alkanes of at least 4 members (excludes halogenated alkanes) is 1. The zero-order chi connectivity index (χ0) is 14.1. The van der Waals surface area contributed by atoms with Crippen molar-refractivity contribution < 1.29 is 14.7 Å². The van der Waals surface area contributed by atoms with Crippen molar-refractivity contribution in [2.24, 2.45) is 5.11 Å². The van der Waals surface area contributed by atoms with Gasteiger partial charge in [-0.1, -0.05) is 18.0 Å². The van der Waals surface area contributed by atoms with Crippen molar-refractivity contribution in [2.75, 3.05) is 7.05 Å². The number of carboxylic acids is 1. The fraction of sp³-hybridized carbons (Fsp3) is 0.800. The van der Waals surface area contributed by atoms with E-state index in [1.54, 1.807) is 7.05 Å². The van der Waals surface area contributed by atoms with Crippen molar-refractivity contribution in [1.29, 1.82) is 0 Å². The third-order valence-electron chi connectivity index (χ3n) is 2.83. The molecule has 7 nitrogen and oxygen atoms in total. The highest BCUT2D eigenvalue weighted by Crippen LogP contribution is 2.11. The molecule has 0 aliphatic heterocycles. The third-order valence-corrected chi connectivity index (χ3v) is 2.83. The summed E-state index contributed by atoms with van der Waals surface area (Å²) >= 11 is 0. The van der Waals surface area contributed by atoms with E-state index in [2.05, 4.69) is 10.0 Å². The fourth-order valence-electron chi connectivity index (χ4n) is 1.48. The molecule has 0 aromatic carbocycles. The summed E-state index contributed by atoms with van der Waals surface area (Å²) in [5.74, 6) is -1.60. The predicted molar refractivity (Wildman–Crippen MR) is 67.4 cm³/mol. The molecule has 1 unspecified atom stereocenters. The molecule has 0 fully saturated rings. The van der Waals surface area contributed by atoms with Gasteiger partial charge in [-0.2, -0.15) is 0 Å². The average molecular weight is 252 g/mol. The van der Waals surface area contributed by atoms with Crippen molar-refractivity contribution in [3.8, 4) is 0 Å². The molecule has 1 N–H and O–H groups in total. The van der Waals surface area contributed by atoms with Crippen LogP contribution in [0.4, 0.5) is 4.79 Å². The minimum atomic E-state index is -1.12. The summed E-state index contributed by atoms with van der Waals surface area (Å²) in [6, 6.07) is -1.01. The Labute approximate surface area is 107 Å². The topological polar surface area (TPSA) is 106 Å². The van der Waals surface area contributed by atoms with E-state index < -0.39 is 17.8 Å². The number of carboxylic acid groups (broad SMARTS) is 1. The molecule has 98 valence electrons. The molecule has 2 atom stereocenters. The molecule has 0 spiro atoms. The van der Waals surface area contributed by atoms with Crippen LogP contribution in [0.1, 0.15) is 32.6 Å². The first kappa shape index (κ1) is 16.3. The number of hydrogen-bond acceptors (Lipinski definition) is 3. The van der Waals surface area contributed by atoms with E-state index in [1.165, 1.54) is 4.90 Å². The molecule has 2 radical (unpaired) electrons. The lowest BCUT2D eigenvalue weighted by molar-refractivity contribution is -0.138. The molecule has 8 heteroatoms. The van der Waals surface area contributed by atoms with Crippen molar-refractivity contribution in [3.63, 3.8) is 0 Å². The molecule has 0 saturated carbocycles. The van der Waals surface area contributed by atoms with E-state index in [1.807, 2.05) is 6.92 Å². The summed E-state index contributed by atoms with van der Waals surface area (Å²) in [6.45, 7) is 1.87. The van der Waals surface area contributed by atoms with Gasteiger partial charge in [-0.15, -0.1) is 0 Å². The number of rotatable bonds is 8. The second-order valence-corrected chi connectivity index (χ2v) is 4.14. The maximum atomic E-state index is 10.9. The summed E-state index contributed by atoms with van der Waals surface area (Å²) < 4.78 is 0. The van der Waals surface area contributed by atoms with Crippen molar-refractivity contribution in [3.05, 3.63) is 10.4 Å². The van der Waals surface area contributed by atoms with Gasteiger partial charge in [0.2, 0.25) is 7.85 Å². The Morgan fingerprint density at radius 3 is 2.44 bits per heavy atom. The van der Waals surface area contributed by atoms with Crippen LogP contribution in [0, 0.1) is 0 Å². The molecule has 0 rings (SSSR count). The number of carbonyl (C=O) groups is 2. The van der Waals surface area contributed by atoms with Gasteiger partial charge in [0, 0.05) is 18.0 Å². The van der Waals surface area contributed by atoms with Crippen LogP contribution in [0.2, 0.25) is 0 Å². The molecule has 18 heavy (non-hydrogen) atoms. The van der Waals surface area contributed by atoms with E-state index in [-0.39, 0.29) is 6.04 Å². The van der Waals surface area contributed by atoms with Crippen molar-refractivity contribution in [1.82, 2.24) is 4.90 Å². The zero-order valence-corrected chi connectivity index (χ0v) is 10.6. The van der Waals surface area contributed by atoms with Crippen LogP contribution in [0.3, 0.4) is 0 Å². The Bertz CT molecular complexity index is 342. The average Bonchev–Trinajstić information content (AvgIpc) is 2.31. The summed E-state index contributed by atoms with van der Waals surface area (Å²) in [7, 11) is 6.74. The number of azide groups is 1. The standard InChI is InChI=1S/C10H17BN4O3/c1-7(15(2)10(11)18)5-3-4-6-8(9(16)17)13-14-12/h7-8H,3-6H2,1-2H3,(H,16,17)/t7?,8-/m0/s1. The molecule has 0 heterocycles. The fourth-order valence-corrected chi connectivity index (χ4v) is 1.48. The summed E-state index contributed by atoms with van der Waals surface area (Å²) in [5, 5.41) is 11.9. The van der Waals surface area contributed by atoms with E-state index in [9.17, 15) is 9.59 Å². The molecule has 0 aromatic rings. The quantitative estimate of drug-likeness (QED) is 0.234. The molecular weight excluding hydrogens is 235 g/mol. The number of amides is 1. The molecular formula is C10H17BN4O3. The molecule has 0 aliphatic carbocycles. The van der Waals surface area contributed by atoms with Crippen molar-refractivity contribution >= 4 is 19.6 Å². The lowest BCUT2D eigenvalue weighted by atomic mass is 10.0. The SMILES string of the molecule is [B]C(=O)N(C)C(C)CCCC[C@H](N=[N+]=[N-])C(=O)O. The molecule has 0 aliphatic rings. The number of hydrogen-bond donors (Lipinski definition) is 1. The van der Waals surface area contributed by atoms with Gasteiger partial charge in [-0.05, 0) is 25.3 Å². The maximum Gasteiger partial charge on any atom is 0.312 e. The van der Waals surface area contributed by atoms with Gasteiger partial charge in [0.1, 0.15) is 6.04 Å². The van der Waals surface area contributed by atoms with Gasteiger partial charge in [-0.3, -0.25) is 9.59 Å². The van der Waals surface area contributed by atoms with E-state index in [0.29, 0.717) is 12.8 Å². The summed E-state index contributed by atoms with van der Waals surface area (Å²) in [4.78, 5) is 25.5. The Morgan fingerprint density at radius 1 is 1.44 bits per heavy atom. The van der Waals surface area contributed by atoms with Crippen molar-refractivity contribution in [2.45, 2.75) is 44.7 Å². The van der Waals surface area contributed by atoms with Gasteiger partial charge in [0.25, 0.3) is 0 Å². The third kappa shape index (κ3) is 6.15. The Morgan fingerprint density at radius 2 is 2.00 bits per heavy atom. The van der Waals surface area contributed by atoms with E-state index in [0.717, 1.165) is 12.8 Å². The molecule has 0 bridgehead atoms. The minimum absolute atomic E-state index is 0.00486. The van der Waals surface area contributed by atoms with Crippen LogP contribution in [0.15, 0.2) is 5.11 Å². The van der Waals surface area contributed by atoms with E-state index >= 15 is 0 Å². The monoisotopic (exact) mass is 252 g/mol. The normalized spacial score (nSPS) is 13.2. The zero-order valence-electron chi connectivity index (χ0n) is 10.6. The second kappa shape index (κ2) is 8.41. The molecule has 0 aromatic heterocycles. The van der Waals surface area contributed by atoms with Crippen LogP contribution in [-0.2, 0) is 4.79 Å². The second-order valence-electron chi connectivity index (χ2n) is 4.14. The summed E-state index contributed by atoms with van der Waals surface area (Å²) in [5.41, 5.74) is 8.20.